The molecule has 1 heterocycles. The SMILES string of the molecule is COc1ccc(NC(C)=O)cc1N[C@H](C)C(=O)N1CCC[C@@H](C)C1. The molecule has 0 radical (unpaired) electrons. The molecule has 1 aromatic carbocycles. The van der Waals surface area contributed by atoms with Crippen LogP contribution in [0.5, 0.6) is 5.75 Å². The van der Waals surface area contributed by atoms with Gasteiger partial charge in [-0.1, -0.05) is 6.92 Å². The lowest BCUT2D eigenvalue weighted by atomic mass is 10.00. The van der Waals surface area contributed by atoms with Crippen LogP contribution in [0.2, 0.25) is 0 Å². The molecule has 2 amide bonds. The second kappa shape index (κ2) is 8.04. The van der Waals surface area contributed by atoms with Crippen LogP contribution in [0.3, 0.4) is 0 Å². The third kappa shape index (κ3) is 4.63. The van der Waals surface area contributed by atoms with Gasteiger partial charge < -0.3 is 20.3 Å². The number of piperidine rings is 1. The summed E-state index contributed by atoms with van der Waals surface area (Å²) in [5.74, 6) is 1.13. The largest absolute Gasteiger partial charge is 0.495 e. The molecule has 1 saturated heterocycles. The van der Waals surface area contributed by atoms with Gasteiger partial charge in [0.15, 0.2) is 0 Å². The van der Waals surface area contributed by atoms with Gasteiger partial charge in [-0.05, 0) is 43.9 Å². The average molecular weight is 333 g/mol. The molecule has 0 aliphatic carbocycles. The van der Waals surface area contributed by atoms with Crippen molar-refractivity contribution in [3.05, 3.63) is 18.2 Å². The molecule has 6 heteroatoms. The van der Waals surface area contributed by atoms with E-state index >= 15 is 0 Å². The number of carbonyl (C=O) groups is 2. The number of methoxy groups -OCH3 is 1. The highest BCUT2D eigenvalue weighted by Gasteiger charge is 2.25. The van der Waals surface area contributed by atoms with Crippen LogP contribution < -0.4 is 15.4 Å². The van der Waals surface area contributed by atoms with E-state index in [-0.39, 0.29) is 17.9 Å². The first-order valence-electron chi connectivity index (χ1n) is 8.41. The summed E-state index contributed by atoms with van der Waals surface area (Å²) in [6, 6.07) is 4.96. The third-order valence-corrected chi connectivity index (χ3v) is 4.23. The number of rotatable bonds is 5. The third-order valence-electron chi connectivity index (χ3n) is 4.23. The van der Waals surface area contributed by atoms with Gasteiger partial charge in [0.2, 0.25) is 11.8 Å². The lowest BCUT2D eigenvalue weighted by Gasteiger charge is -2.33. The van der Waals surface area contributed by atoms with E-state index in [2.05, 4.69) is 17.6 Å². The lowest BCUT2D eigenvalue weighted by molar-refractivity contribution is -0.133. The van der Waals surface area contributed by atoms with Crippen molar-refractivity contribution in [2.45, 2.75) is 39.7 Å². The van der Waals surface area contributed by atoms with E-state index < -0.39 is 0 Å². The van der Waals surface area contributed by atoms with Crippen LogP contribution >= 0.6 is 0 Å². The average Bonchev–Trinajstić information content (AvgIpc) is 2.54. The molecule has 2 atom stereocenters. The van der Waals surface area contributed by atoms with E-state index in [0.29, 0.717) is 23.0 Å². The molecule has 132 valence electrons. The van der Waals surface area contributed by atoms with Gasteiger partial charge in [0.05, 0.1) is 12.8 Å². The summed E-state index contributed by atoms with van der Waals surface area (Å²) < 4.78 is 5.35. The van der Waals surface area contributed by atoms with Crippen molar-refractivity contribution >= 4 is 23.2 Å². The number of nitrogens with zero attached hydrogens (tertiary/aromatic N) is 1. The number of carbonyl (C=O) groups excluding carboxylic acids is 2. The number of benzene rings is 1. The Balaban J connectivity index is 2.10. The number of nitrogens with one attached hydrogen (secondary N) is 2. The zero-order valence-electron chi connectivity index (χ0n) is 14.9. The Morgan fingerprint density at radius 1 is 1.38 bits per heavy atom. The highest BCUT2D eigenvalue weighted by molar-refractivity contribution is 5.90. The standard InChI is InChI=1S/C18H27N3O3/c1-12-6-5-9-21(11-12)18(23)13(2)19-16-10-15(20-14(3)22)7-8-17(16)24-4/h7-8,10,12-13,19H,5-6,9,11H2,1-4H3,(H,20,22)/t12-,13-/m1/s1. The summed E-state index contributed by atoms with van der Waals surface area (Å²) in [5, 5.41) is 5.96. The van der Waals surface area contributed by atoms with Crippen molar-refractivity contribution in [1.82, 2.24) is 4.90 Å². The Labute approximate surface area is 143 Å². The van der Waals surface area contributed by atoms with Crippen LogP contribution in [0.4, 0.5) is 11.4 Å². The van der Waals surface area contributed by atoms with Crippen LogP contribution in [-0.2, 0) is 9.59 Å². The molecular weight excluding hydrogens is 306 g/mol. The van der Waals surface area contributed by atoms with Gasteiger partial charge in [-0.15, -0.1) is 0 Å². The fourth-order valence-corrected chi connectivity index (χ4v) is 3.06. The summed E-state index contributed by atoms with van der Waals surface area (Å²) in [6.45, 7) is 7.12. The van der Waals surface area contributed by atoms with Crippen LogP contribution in [0.25, 0.3) is 0 Å². The molecule has 24 heavy (non-hydrogen) atoms. The van der Waals surface area contributed by atoms with E-state index in [9.17, 15) is 9.59 Å². The normalized spacial score (nSPS) is 18.7. The molecule has 1 aromatic rings. The predicted octanol–water partition coefficient (Wildman–Crippen LogP) is 2.71. The molecule has 2 rings (SSSR count). The minimum atomic E-state index is -0.364. The van der Waals surface area contributed by atoms with Crippen molar-refractivity contribution in [2.75, 3.05) is 30.8 Å². The fraction of sp³-hybridized carbons (Fsp3) is 0.556. The maximum Gasteiger partial charge on any atom is 0.244 e. The molecule has 1 aliphatic heterocycles. The highest BCUT2D eigenvalue weighted by atomic mass is 16.5. The van der Waals surface area contributed by atoms with Gasteiger partial charge >= 0.3 is 0 Å². The molecule has 6 nitrogen and oxygen atoms in total. The Bertz CT molecular complexity index is 603. The quantitative estimate of drug-likeness (QED) is 0.869. The van der Waals surface area contributed by atoms with Gasteiger partial charge in [0.1, 0.15) is 11.8 Å². The van der Waals surface area contributed by atoms with E-state index in [0.717, 1.165) is 19.5 Å². The van der Waals surface area contributed by atoms with Crippen LogP contribution in [-0.4, -0.2) is 43.0 Å². The second-order valence-corrected chi connectivity index (χ2v) is 6.49. The molecule has 0 saturated carbocycles. The molecule has 1 aliphatic rings. The smallest absolute Gasteiger partial charge is 0.244 e. The van der Waals surface area contributed by atoms with Crippen molar-refractivity contribution in [3.8, 4) is 5.75 Å². The molecule has 0 bridgehead atoms. The maximum atomic E-state index is 12.7. The fourth-order valence-electron chi connectivity index (χ4n) is 3.06. The first-order chi connectivity index (χ1) is 11.4. The van der Waals surface area contributed by atoms with E-state index in [1.807, 2.05) is 11.8 Å². The lowest BCUT2D eigenvalue weighted by Crippen LogP contribution is -2.45. The molecule has 1 fully saturated rings. The van der Waals surface area contributed by atoms with Crippen molar-refractivity contribution in [3.63, 3.8) is 0 Å². The minimum Gasteiger partial charge on any atom is -0.495 e. The Hall–Kier alpha value is -2.24. The minimum absolute atomic E-state index is 0.0912. The number of anilines is 2. The predicted molar refractivity (Wildman–Crippen MR) is 95.4 cm³/mol. The summed E-state index contributed by atoms with van der Waals surface area (Å²) in [7, 11) is 1.58. The molecule has 0 unspecified atom stereocenters. The van der Waals surface area contributed by atoms with Gasteiger partial charge in [-0.25, -0.2) is 0 Å². The monoisotopic (exact) mass is 333 g/mol. The van der Waals surface area contributed by atoms with Crippen molar-refractivity contribution in [2.24, 2.45) is 5.92 Å². The maximum absolute atomic E-state index is 12.7. The number of ether oxygens (including phenoxy) is 1. The summed E-state index contributed by atoms with van der Waals surface area (Å²) in [6.07, 6.45) is 2.24. The zero-order valence-corrected chi connectivity index (χ0v) is 14.9. The number of likely N-dealkylation sites (tertiary alicyclic amines) is 1. The number of hydrogen-bond donors (Lipinski definition) is 2. The van der Waals surface area contributed by atoms with Gasteiger partial charge in [0.25, 0.3) is 0 Å². The van der Waals surface area contributed by atoms with Gasteiger partial charge in [-0.3, -0.25) is 9.59 Å². The Morgan fingerprint density at radius 3 is 2.75 bits per heavy atom. The van der Waals surface area contributed by atoms with Crippen LogP contribution in [0.15, 0.2) is 18.2 Å². The van der Waals surface area contributed by atoms with Gasteiger partial charge in [-0.2, -0.15) is 0 Å². The van der Waals surface area contributed by atoms with E-state index in [1.165, 1.54) is 13.3 Å². The van der Waals surface area contributed by atoms with Crippen LogP contribution in [0.1, 0.15) is 33.6 Å². The first kappa shape index (κ1) is 18.1. The Morgan fingerprint density at radius 2 is 2.12 bits per heavy atom. The highest BCUT2D eigenvalue weighted by Crippen LogP contribution is 2.29. The van der Waals surface area contributed by atoms with E-state index in [4.69, 9.17) is 4.74 Å². The van der Waals surface area contributed by atoms with Crippen molar-refractivity contribution in [1.29, 1.82) is 0 Å². The molecular formula is C18H27N3O3. The number of amides is 2. The number of hydrogen-bond acceptors (Lipinski definition) is 4. The summed E-state index contributed by atoms with van der Waals surface area (Å²) in [5.41, 5.74) is 1.35. The first-order valence-corrected chi connectivity index (χ1v) is 8.41. The van der Waals surface area contributed by atoms with Gasteiger partial charge in [0, 0.05) is 25.7 Å². The summed E-state index contributed by atoms with van der Waals surface area (Å²) >= 11 is 0. The molecule has 0 spiro atoms. The second-order valence-electron chi connectivity index (χ2n) is 6.49. The zero-order chi connectivity index (χ0) is 17.7. The summed E-state index contributed by atoms with van der Waals surface area (Å²) in [4.78, 5) is 25.8. The molecule has 2 N–H and O–H groups in total. The van der Waals surface area contributed by atoms with Crippen LogP contribution in [0, 0.1) is 5.92 Å². The van der Waals surface area contributed by atoms with Crippen molar-refractivity contribution < 1.29 is 14.3 Å². The topological polar surface area (TPSA) is 70.7 Å². The van der Waals surface area contributed by atoms with E-state index in [1.54, 1.807) is 25.3 Å². The Kier molecular flexibility index (Phi) is 6.06. The molecule has 0 aromatic heterocycles.